The minimum atomic E-state index is -0.804. The number of methoxy groups -OCH3 is 2. The van der Waals surface area contributed by atoms with E-state index < -0.39 is 6.10 Å². The summed E-state index contributed by atoms with van der Waals surface area (Å²) >= 11 is 0. The lowest BCUT2D eigenvalue weighted by atomic mass is 10.1. The quantitative estimate of drug-likeness (QED) is 0.580. The van der Waals surface area contributed by atoms with E-state index in [1.807, 2.05) is 62.4 Å². The molecule has 0 saturated heterocycles. The summed E-state index contributed by atoms with van der Waals surface area (Å²) in [5.41, 5.74) is 3.23. The Balaban J connectivity index is 1.82. The number of ether oxygens (including phenoxy) is 2. The molecule has 1 aromatic heterocycles. The molecule has 1 N–H and O–H groups in total. The highest BCUT2D eigenvalue weighted by Crippen LogP contribution is 2.24. The van der Waals surface area contributed by atoms with Gasteiger partial charge in [-0.25, -0.2) is 9.97 Å². The summed E-state index contributed by atoms with van der Waals surface area (Å²) in [4.78, 5) is 10.9. The van der Waals surface area contributed by atoms with E-state index in [9.17, 15) is 5.11 Å². The molecule has 6 nitrogen and oxygen atoms in total. The number of nitrogens with zero attached hydrogens (tertiary/aromatic N) is 3. The van der Waals surface area contributed by atoms with Crippen molar-refractivity contribution < 1.29 is 14.6 Å². The zero-order valence-electron chi connectivity index (χ0n) is 17.9. The molecule has 6 heteroatoms. The molecule has 158 valence electrons. The van der Waals surface area contributed by atoms with Gasteiger partial charge in [-0.2, -0.15) is 0 Å². The van der Waals surface area contributed by atoms with Crippen LogP contribution in [0, 0.1) is 6.92 Å². The third-order valence-corrected chi connectivity index (χ3v) is 5.19. The third-order valence-electron chi connectivity index (χ3n) is 5.19. The number of aromatic nitrogens is 2. The Morgan fingerprint density at radius 1 is 0.833 bits per heavy atom. The molecule has 0 amide bonds. The second-order valence-corrected chi connectivity index (χ2v) is 7.41. The predicted octanol–water partition coefficient (Wildman–Crippen LogP) is 3.93. The van der Waals surface area contributed by atoms with Gasteiger partial charge in [-0.05, 0) is 54.8 Å². The van der Waals surface area contributed by atoms with Crippen molar-refractivity contribution >= 4 is 0 Å². The first-order valence-corrected chi connectivity index (χ1v) is 9.96. The van der Waals surface area contributed by atoms with E-state index in [0.29, 0.717) is 18.9 Å². The van der Waals surface area contributed by atoms with Crippen LogP contribution in [0.4, 0.5) is 0 Å². The maximum Gasteiger partial charge on any atom is 0.158 e. The van der Waals surface area contributed by atoms with Crippen molar-refractivity contribution in [2.45, 2.75) is 39.1 Å². The average Bonchev–Trinajstić information content (AvgIpc) is 2.79. The molecule has 0 unspecified atom stereocenters. The summed E-state index contributed by atoms with van der Waals surface area (Å²) in [6, 6.07) is 15.8. The number of aryl methyl sites for hydroxylation is 1. The fraction of sp³-hybridized carbons (Fsp3) is 0.333. The maximum absolute atomic E-state index is 11.0. The van der Waals surface area contributed by atoms with E-state index in [4.69, 9.17) is 9.47 Å². The maximum atomic E-state index is 11.0. The zero-order chi connectivity index (χ0) is 21.5. The van der Waals surface area contributed by atoms with Crippen molar-refractivity contribution in [3.63, 3.8) is 0 Å². The van der Waals surface area contributed by atoms with Gasteiger partial charge in [-0.1, -0.05) is 24.3 Å². The summed E-state index contributed by atoms with van der Waals surface area (Å²) in [5, 5.41) is 11.0. The van der Waals surface area contributed by atoms with Crippen LogP contribution in [0.1, 0.15) is 35.5 Å². The Morgan fingerprint density at radius 3 is 1.67 bits per heavy atom. The van der Waals surface area contributed by atoms with Crippen molar-refractivity contribution in [2.24, 2.45) is 0 Å². The Hall–Kier alpha value is -2.96. The largest absolute Gasteiger partial charge is 0.497 e. The van der Waals surface area contributed by atoms with Gasteiger partial charge in [0.05, 0.1) is 14.2 Å². The highest BCUT2D eigenvalue weighted by Gasteiger charge is 2.25. The Bertz CT molecular complexity index is 862. The summed E-state index contributed by atoms with van der Waals surface area (Å²) in [5.74, 6) is 2.07. The van der Waals surface area contributed by atoms with E-state index in [0.717, 1.165) is 28.2 Å². The first kappa shape index (κ1) is 21.7. The number of benzene rings is 2. The van der Waals surface area contributed by atoms with Gasteiger partial charge in [0.2, 0.25) is 0 Å². The van der Waals surface area contributed by atoms with Crippen LogP contribution in [-0.4, -0.2) is 40.2 Å². The second kappa shape index (κ2) is 10.2. The second-order valence-electron chi connectivity index (χ2n) is 7.41. The molecule has 0 aliphatic rings. The van der Waals surface area contributed by atoms with Crippen LogP contribution >= 0.6 is 0 Å². The lowest BCUT2D eigenvalue weighted by molar-refractivity contribution is 0.0428. The molecule has 0 aliphatic heterocycles. The zero-order valence-corrected chi connectivity index (χ0v) is 17.9. The van der Waals surface area contributed by atoms with Crippen molar-refractivity contribution in [1.82, 2.24) is 14.9 Å². The first-order valence-electron chi connectivity index (χ1n) is 9.96. The molecule has 3 rings (SSSR count). The van der Waals surface area contributed by atoms with Gasteiger partial charge in [-0.15, -0.1) is 0 Å². The van der Waals surface area contributed by atoms with Crippen LogP contribution < -0.4 is 9.47 Å². The summed E-state index contributed by atoms with van der Waals surface area (Å²) < 4.78 is 10.5. The van der Waals surface area contributed by atoms with Crippen molar-refractivity contribution in [2.75, 3.05) is 14.2 Å². The number of rotatable bonds is 9. The number of aliphatic hydroxyl groups excluding tert-OH is 1. The monoisotopic (exact) mass is 407 g/mol. The summed E-state index contributed by atoms with van der Waals surface area (Å²) in [6.45, 7) is 5.26. The smallest absolute Gasteiger partial charge is 0.158 e. The lowest BCUT2D eigenvalue weighted by Crippen LogP contribution is -2.37. The lowest BCUT2D eigenvalue weighted by Gasteiger charge is -2.32. The molecule has 1 heterocycles. The molecule has 0 bridgehead atoms. The predicted molar refractivity (Wildman–Crippen MR) is 116 cm³/mol. The molecule has 2 atom stereocenters. The van der Waals surface area contributed by atoms with Crippen LogP contribution in [0.2, 0.25) is 0 Å². The molecular formula is C24H29N3O3. The van der Waals surface area contributed by atoms with E-state index >= 15 is 0 Å². The fourth-order valence-corrected chi connectivity index (χ4v) is 3.25. The number of hydrogen-bond acceptors (Lipinski definition) is 6. The average molecular weight is 408 g/mol. The topological polar surface area (TPSA) is 67.7 Å². The normalized spacial score (nSPS) is 13.1. The van der Waals surface area contributed by atoms with E-state index in [1.165, 1.54) is 0 Å². The molecular weight excluding hydrogens is 378 g/mol. The molecule has 0 fully saturated rings. The van der Waals surface area contributed by atoms with Gasteiger partial charge in [0, 0.05) is 31.5 Å². The highest BCUT2D eigenvalue weighted by atomic mass is 16.5. The van der Waals surface area contributed by atoms with Crippen molar-refractivity contribution in [3.8, 4) is 11.5 Å². The minimum Gasteiger partial charge on any atom is -0.497 e. The van der Waals surface area contributed by atoms with Crippen LogP contribution in [0.15, 0.2) is 60.9 Å². The number of aliphatic hydroxyl groups is 1. The van der Waals surface area contributed by atoms with Gasteiger partial charge in [0.25, 0.3) is 0 Å². The van der Waals surface area contributed by atoms with Crippen LogP contribution in [0.25, 0.3) is 0 Å². The summed E-state index contributed by atoms with van der Waals surface area (Å²) in [6.07, 6.45) is 2.66. The molecule has 2 aromatic carbocycles. The van der Waals surface area contributed by atoms with Gasteiger partial charge in [0.1, 0.15) is 17.6 Å². The molecule has 3 aromatic rings. The molecule has 0 radical (unpaired) electrons. The molecule has 30 heavy (non-hydrogen) atoms. The van der Waals surface area contributed by atoms with Crippen LogP contribution in [-0.2, 0) is 13.1 Å². The minimum absolute atomic E-state index is 0.197. The molecule has 0 spiro atoms. The Labute approximate surface area is 178 Å². The first-order chi connectivity index (χ1) is 14.5. The SMILES string of the molecule is COc1ccc(CN(Cc2ccc(OC)cc2)[C@@H](C)[C@H](O)c2ncc(C)cn2)cc1. The number of hydrogen-bond donors (Lipinski definition) is 1. The molecule has 0 aliphatic carbocycles. The summed E-state index contributed by atoms with van der Waals surface area (Å²) in [7, 11) is 3.32. The molecule has 0 saturated carbocycles. The van der Waals surface area contributed by atoms with E-state index in [1.54, 1.807) is 26.6 Å². The van der Waals surface area contributed by atoms with Gasteiger partial charge in [-0.3, -0.25) is 4.90 Å². The highest BCUT2D eigenvalue weighted by molar-refractivity contribution is 5.29. The Kier molecular flexibility index (Phi) is 7.38. The van der Waals surface area contributed by atoms with E-state index in [2.05, 4.69) is 14.9 Å². The standard InChI is InChI=1S/C24H29N3O3/c1-17-13-25-24(26-14-17)23(28)18(2)27(15-19-5-9-21(29-3)10-6-19)16-20-7-11-22(30-4)12-8-20/h5-14,18,23,28H,15-16H2,1-4H3/t18-,23-/m0/s1. The Morgan fingerprint density at radius 2 is 1.27 bits per heavy atom. The van der Waals surface area contributed by atoms with Gasteiger partial charge >= 0.3 is 0 Å². The fourth-order valence-electron chi connectivity index (χ4n) is 3.25. The van der Waals surface area contributed by atoms with E-state index in [-0.39, 0.29) is 6.04 Å². The van der Waals surface area contributed by atoms with Crippen LogP contribution in [0.5, 0.6) is 11.5 Å². The van der Waals surface area contributed by atoms with Crippen molar-refractivity contribution in [3.05, 3.63) is 83.4 Å². The van der Waals surface area contributed by atoms with Crippen LogP contribution in [0.3, 0.4) is 0 Å². The van der Waals surface area contributed by atoms with Gasteiger partial charge < -0.3 is 14.6 Å². The third kappa shape index (κ3) is 5.55. The van der Waals surface area contributed by atoms with Gasteiger partial charge in [0.15, 0.2) is 5.82 Å². The van der Waals surface area contributed by atoms with Crippen molar-refractivity contribution in [1.29, 1.82) is 0 Å².